The topological polar surface area (TPSA) is 79.0 Å². The number of halogens is 3. The first kappa shape index (κ1) is 25.8. The van der Waals surface area contributed by atoms with Gasteiger partial charge in [-0.15, -0.1) is 0 Å². The van der Waals surface area contributed by atoms with Crippen molar-refractivity contribution in [2.24, 2.45) is 9.98 Å². The number of aromatic nitrogens is 3. The van der Waals surface area contributed by atoms with E-state index >= 15 is 0 Å². The molecule has 0 fully saturated rings. The Balaban J connectivity index is 2.26. The lowest BCUT2D eigenvalue weighted by Gasteiger charge is -2.32. The van der Waals surface area contributed by atoms with Gasteiger partial charge in [0.05, 0.1) is 23.6 Å². The molecule has 2 aromatic rings. The van der Waals surface area contributed by atoms with Crippen molar-refractivity contribution in [3.05, 3.63) is 53.5 Å². The molecule has 0 saturated carbocycles. The minimum absolute atomic E-state index is 0.0194. The number of aryl methyl sites for hydroxylation is 1. The Kier molecular flexibility index (Phi) is 8.50. The van der Waals surface area contributed by atoms with Gasteiger partial charge in [0.25, 0.3) is 5.91 Å². The number of hydrogen-bond acceptors (Lipinski definition) is 4. The summed E-state index contributed by atoms with van der Waals surface area (Å²) in [6.45, 7) is 10.6. The normalized spacial score (nSPS) is 13.6. The fourth-order valence-electron chi connectivity index (χ4n) is 3.21. The van der Waals surface area contributed by atoms with Crippen LogP contribution in [0.15, 0.2) is 52.4 Å². The van der Waals surface area contributed by atoms with Gasteiger partial charge in [0, 0.05) is 38.0 Å². The molecule has 1 aromatic carbocycles. The van der Waals surface area contributed by atoms with Gasteiger partial charge in [-0.1, -0.05) is 11.6 Å². The molecule has 0 bridgehead atoms. The van der Waals surface area contributed by atoms with Crippen LogP contribution in [0.3, 0.4) is 0 Å². The van der Waals surface area contributed by atoms with Crippen molar-refractivity contribution in [3.8, 4) is 5.69 Å². The third kappa shape index (κ3) is 6.50. The number of carbonyl (C=O) groups is 1. The monoisotopic (exact) mass is 463 g/mol. The van der Waals surface area contributed by atoms with Gasteiger partial charge >= 0.3 is 6.18 Å². The van der Waals surface area contributed by atoms with Crippen molar-refractivity contribution >= 4 is 18.6 Å². The second kappa shape index (κ2) is 10.9. The molecule has 2 rings (SSSR count). The van der Waals surface area contributed by atoms with Crippen LogP contribution in [0.4, 0.5) is 13.2 Å². The molecular formula is C22H28F3N7O. The Morgan fingerprint density at radius 1 is 1.30 bits per heavy atom. The fraction of sp³-hybridized carbons (Fsp3) is 0.409. The molecule has 0 spiro atoms. The number of likely N-dealkylation sites (N-methyl/N-ethyl adjacent to an activating group) is 2. The Morgan fingerprint density at radius 2 is 1.94 bits per heavy atom. The Hall–Kier alpha value is -3.50. The molecule has 8 nitrogen and oxygen atoms in total. The van der Waals surface area contributed by atoms with E-state index in [4.69, 9.17) is 0 Å². The first-order valence-corrected chi connectivity index (χ1v) is 10.3. The van der Waals surface area contributed by atoms with E-state index in [0.29, 0.717) is 24.0 Å². The van der Waals surface area contributed by atoms with E-state index in [1.54, 1.807) is 29.0 Å². The van der Waals surface area contributed by atoms with Crippen LogP contribution in [-0.4, -0.2) is 75.7 Å². The van der Waals surface area contributed by atoms with Crippen molar-refractivity contribution < 1.29 is 18.0 Å². The van der Waals surface area contributed by atoms with Crippen LogP contribution < -0.4 is 0 Å². The first-order chi connectivity index (χ1) is 15.5. The number of hydrogen-bond donors (Lipinski definition) is 0. The van der Waals surface area contributed by atoms with Gasteiger partial charge in [-0.3, -0.25) is 4.79 Å². The lowest BCUT2D eigenvalue weighted by molar-refractivity contribution is -0.0914. The predicted octanol–water partition coefficient (Wildman–Crippen LogP) is 3.88. The molecule has 0 aliphatic heterocycles. The summed E-state index contributed by atoms with van der Waals surface area (Å²) in [4.78, 5) is 25.6. The minimum Gasteiger partial charge on any atom is -0.342 e. The SMILES string of the molecule is C=N/C(=N\C=C(/C)C(F)(F)F)N(C)C[C@H](C)N(CC)C(=O)c1cc(C)ccc1-n1nccn1. The number of guanidine groups is 1. The second-order valence-corrected chi connectivity index (χ2v) is 7.56. The van der Waals surface area contributed by atoms with Crippen LogP contribution in [0, 0.1) is 6.92 Å². The maximum Gasteiger partial charge on any atom is 0.413 e. The number of allylic oxidation sites excluding steroid dienone is 1. The van der Waals surface area contributed by atoms with E-state index in [9.17, 15) is 18.0 Å². The summed E-state index contributed by atoms with van der Waals surface area (Å²) in [7, 11) is 1.63. The zero-order chi connectivity index (χ0) is 24.8. The minimum atomic E-state index is -4.47. The summed E-state index contributed by atoms with van der Waals surface area (Å²) < 4.78 is 38.2. The van der Waals surface area contributed by atoms with Crippen molar-refractivity contribution in [2.75, 3.05) is 20.1 Å². The summed E-state index contributed by atoms with van der Waals surface area (Å²) >= 11 is 0. The molecule has 11 heteroatoms. The Bertz CT molecular complexity index is 1030. The van der Waals surface area contributed by atoms with E-state index in [1.165, 1.54) is 17.2 Å². The molecule has 0 unspecified atom stereocenters. The zero-order valence-electron chi connectivity index (χ0n) is 19.3. The highest BCUT2D eigenvalue weighted by Crippen LogP contribution is 2.24. The van der Waals surface area contributed by atoms with Crippen LogP contribution in [0.1, 0.15) is 36.7 Å². The molecular weight excluding hydrogens is 435 g/mol. The van der Waals surface area contributed by atoms with Crippen molar-refractivity contribution in [1.82, 2.24) is 24.8 Å². The number of alkyl halides is 3. The summed E-state index contributed by atoms with van der Waals surface area (Å²) in [5.74, 6) is -0.196. The lowest BCUT2D eigenvalue weighted by Crippen LogP contribution is -2.45. The van der Waals surface area contributed by atoms with Gasteiger partial charge in [0.1, 0.15) is 0 Å². The maximum atomic E-state index is 13.5. The van der Waals surface area contributed by atoms with E-state index in [-0.39, 0.29) is 24.5 Å². The highest BCUT2D eigenvalue weighted by atomic mass is 19.4. The van der Waals surface area contributed by atoms with Crippen molar-refractivity contribution in [1.29, 1.82) is 0 Å². The lowest BCUT2D eigenvalue weighted by atomic mass is 10.1. The zero-order valence-corrected chi connectivity index (χ0v) is 19.3. The van der Waals surface area contributed by atoms with E-state index < -0.39 is 11.7 Å². The Labute approximate surface area is 191 Å². The van der Waals surface area contributed by atoms with E-state index in [1.807, 2.05) is 26.8 Å². The van der Waals surface area contributed by atoms with Crippen LogP contribution in [0.2, 0.25) is 0 Å². The molecule has 0 radical (unpaired) electrons. The summed E-state index contributed by atoms with van der Waals surface area (Å²) in [6, 6.07) is 5.13. The summed E-state index contributed by atoms with van der Waals surface area (Å²) in [5.41, 5.74) is 1.06. The average Bonchev–Trinajstić information content (AvgIpc) is 3.28. The van der Waals surface area contributed by atoms with Crippen molar-refractivity contribution in [2.45, 2.75) is 39.9 Å². The smallest absolute Gasteiger partial charge is 0.342 e. The summed E-state index contributed by atoms with van der Waals surface area (Å²) in [5, 5.41) is 8.26. The van der Waals surface area contributed by atoms with Crippen LogP contribution in [0.5, 0.6) is 0 Å². The number of aliphatic imine (C=N–C) groups is 2. The third-order valence-electron chi connectivity index (χ3n) is 4.99. The number of carbonyl (C=O) groups excluding carboxylic acids is 1. The molecule has 0 saturated heterocycles. The van der Waals surface area contributed by atoms with E-state index in [2.05, 4.69) is 26.9 Å². The second-order valence-electron chi connectivity index (χ2n) is 7.56. The van der Waals surface area contributed by atoms with Crippen LogP contribution in [-0.2, 0) is 0 Å². The molecule has 0 N–H and O–H groups in total. The number of nitrogens with zero attached hydrogens (tertiary/aromatic N) is 7. The Morgan fingerprint density at radius 3 is 2.48 bits per heavy atom. The molecule has 33 heavy (non-hydrogen) atoms. The highest BCUT2D eigenvalue weighted by Gasteiger charge is 2.30. The van der Waals surface area contributed by atoms with Gasteiger partial charge in [-0.05, 0) is 46.5 Å². The van der Waals surface area contributed by atoms with Crippen molar-refractivity contribution in [3.63, 3.8) is 0 Å². The van der Waals surface area contributed by atoms with Gasteiger partial charge < -0.3 is 9.80 Å². The molecule has 1 heterocycles. The highest BCUT2D eigenvalue weighted by molar-refractivity contribution is 5.98. The van der Waals surface area contributed by atoms with Gasteiger partial charge in [-0.2, -0.15) is 28.2 Å². The largest absolute Gasteiger partial charge is 0.413 e. The number of amides is 1. The standard InChI is InChI=1S/C22H28F3N7O/c1-7-31(17(4)14-30(6)21(26-5)27-13-16(3)22(23,24)25)20(33)18-12-15(2)8-9-19(18)32-28-10-11-29-32/h8-13,17H,5,7,14H2,1-4,6H3/b16-13+,27-21+/t17-/m0/s1. The maximum absolute atomic E-state index is 13.5. The molecule has 178 valence electrons. The van der Waals surface area contributed by atoms with Gasteiger partial charge in [0.15, 0.2) is 0 Å². The molecule has 1 aromatic heterocycles. The van der Waals surface area contributed by atoms with Crippen LogP contribution >= 0.6 is 0 Å². The number of benzene rings is 1. The van der Waals surface area contributed by atoms with Crippen LogP contribution in [0.25, 0.3) is 5.69 Å². The fourth-order valence-corrected chi connectivity index (χ4v) is 3.21. The third-order valence-corrected chi connectivity index (χ3v) is 4.99. The predicted molar refractivity (Wildman–Crippen MR) is 122 cm³/mol. The summed E-state index contributed by atoms with van der Waals surface area (Å²) in [6.07, 6.45) is -0.700. The van der Waals surface area contributed by atoms with E-state index in [0.717, 1.165) is 12.5 Å². The molecule has 0 aliphatic rings. The number of rotatable bonds is 7. The molecule has 1 atom stereocenters. The average molecular weight is 464 g/mol. The van der Waals surface area contributed by atoms with Gasteiger partial charge in [0.2, 0.25) is 5.96 Å². The first-order valence-electron chi connectivity index (χ1n) is 10.3. The van der Waals surface area contributed by atoms with Gasteiger partial charge in [-0.25, -0.2) is 9.98 Å². The molecule has 0 aliphatic carbocycles. The molecule has 1 amide bonds. The quantitative estimate of drug-likeness (QED) is 0.461.